The Kier molecular flexibility index (Phi) is 7.63. The molecule has 0 saturated heterocycles. The second-order valence-corrected chi connectivity index (χ2v) is 7.28. The summed E-state index contributed by atoms with van der Waals surface area (Å²) in [5.41, 5.74) is 0.814. The maximum absolute atomic E-state index is 13.2. The van der Waals surface area contributed by atoms with Gasteiger partial charge in [-0.2, -0.15) is 0 Å². The third-order valence-corrected chi connectivity index (χ3v) is 5.17. The minimum atomic E-state index is -0.612. The van der Waals surface area contributed by atoms with E-state index in [1.165, 1.54) is 18.8 Å². The Morgan fingerprint density at radius 2 is 1.94 bits per heavy atom. The van der Waals surface area contributed by atoms with Gasteiger partial charge in [0.15, 0.2) is 5.16 Å². The monoisotopic (exact) mass is 442 g/mol. The number of nitrogens with zero attached hydrogens (tertiary/aromatic N) is 2. The van der Waals surface area contributed by atoms with Crippen LogP contribution in [0.4, 0.5) is 4.79 Å². The number of imide groups is 1. The molecule has 162 valence electrons. The minimum absolute atomic E-state index is 0.105. The molecule has 2 N–H and O–H groups in total. The third-order valence-electron chi connectivity index (χ3n) is 4.23. The van der Waals surface area contributed by atoms with Gasteiger partial charge in [0, 0.05) is 19.7 Å². The summed E-state index contributed by atoms with van der Waals surface area (Å²) in [6.07, 6.45) is 0. The lowest BCUT2D eigenvalue weighted by atomic mass is 10.2. The Morgan fingerprint density at radius 3 is 2.71 bits per heavy atom. The molecule has 0 radical (unpaired) electrons. The first-order valence-electron chi connectivity index (χ1n) is 9.39. The molecule has 3 aromatic rings. The number of para-hydroxylation sites is 1. The molecule has 1 aromatic heterocycles. The molecule has 0 atom stereocenters. The fourth-order valence-corrected chi connectivity index (χ4v) is 3.60. The van der Waals surface area contributed by atoms with Gasteiger partial charge in [-0.15, -0.1) is 0 Å². The fourth-order valence-electron chi connectivity index (χ4n) is 2.79. The molecule has 0 aliphatic carbocycles. The van der Waals surface area contributed by atoms with Crippen molar-refractivity contribution in [1.29, 1.82) is 0 Å². The Hall–Kier alpha value is -3.37. The number of aromatic nitrogens is 2. The summed E-state index contributed by atoms with van der Waals surface area (Å²) in [5, 5.41) is 5.52. The number of carbonyl (C=O) groups excluding carboxylic acids is 2. The number of methoxy groups -OCH3 is 2. The number of hydrogen-bond donors (Lipinski definition) is 2. The Morgan fingerprint density at radius 1 is 1.13 bits per heavy atom. The summed E-state index contributed by atoms with van der Waals surface area (Å²) in [6.45, 7) is 0.620. The number of thioether (sulfide) groups is 1. The molecule has 0 unspecified atom stereocenters. The van der Waals surface area contributed by atoms with Gasteiger partial charge in [0.2, 0.25) is 5.91 Å². The molecule has 3 rings (SSSR count). The number of amides is 3. The van der Waals surface area contributed by atoms with Crippen molar-refractivity contribution in [3.05, 3.63) is 58.9 Å². The van der Waals surface area contributed by atoms with E-state index in [1.807, 2.05) is 0 Å². The average molecular weight is 442 g/mol. The molecular weight excluding hydrogens is 420 g/mol. The number of rotatable bonds is 8. The highest BCUT2D eigenvalue weighted by molar-refractivity contribution is 7.99. The highest BCUT2D eigenvalue weighted by Crippen LogP contribution is 2.23. The smallest absolute Gasteiger partial charge is 0.321 e. The number of carbonyl (C=O) groups is 2. The van der Waals surface area contributed by atoms with E-state index in [-0.39, 0.29) is 17.9 Å². The van der Waals surface area contributed by atoms with Gasteiger partial charge in [-0.05, 0) is 24.3 Å². The lowest BCUT2D eigenvalue weighted by molar-refractivity contribution is -0.117. The lowest BCUT2D eigenvalue weighted by Gasteiger charge is -2.14. The first-order chi connectivity index (χ1) is 15.0. The number of fused-ring (bicyclic) bond motifs is 1. The van der Waals surface area contributed by atoms with Crippen LogP contribution in [0, 0.1) is 0 Å². The summed E-state index contributed by atoms with van der Waals surface area (Å²) < 4.78 is 11.5. The van der Waals surface area contributed by atoms with Crippen LogP contribution in [0.1, 0.15) is 0 Å². The van der Waals surface area contributed by atoms with E-state index in [2.05, 4.69) is 15.6 Å². The van der Waals surface area contributed by atoms with Crippen molar-refractivity contribution in [2.75, 3.05) is 33.1 Å². The predicted octanol–water partition coefficient (Wildman–Crippen LogP) is 1.96. The van der Waals surface area contributed by atoms with Crippen LogP contribution < -0.4 is 20.9 Å². The quantitative estimate of drug-likeness (QED) is 0.312. The van der Waals surface area contributed by atoms with E-state index in [9.17, 15) is 14.4 Å². The summed E-state index contributed by atoms with van der Waals surface area (Å²) in [4.78, 5) is 41.7. The van der Waals surface area contributed by atoms with Crippen LogP contribution in [0.3, 0.4) is 0 Å². The molecule has 0 aliphatic heterocycles. The van der Waals surface area contributed by atoms with Crippen LogP contribution >= 0.6 is 11.8 Å². The molecule has 0 bridgehead atoms. The van der Waals surface area contributed by atoms with E-state index in [0.29, 0.717) is 34.1 Å². The Bertz CT molecular complexity index is 1150. The second kappa shape index (κ2) is 10.6. The normalized spacial score (nSPS) is 10.6. The highest BCUT2D eigenvalue weighted by atomic mass is 32.2. The highest BCUT2D eigenvalue weighted by Gasteiger charge is 2.16. The molecule has 0 fully saturated rings. The largest absolute Gasteiger partial charge is 0.497 e. The molecule has 0 spiro atoms. The number of benzene rings is 2. The van der Waals surface area contributed by atoms with Crippen molar-refractivity contribution < 1.29 is 19.1 Å². The van der Waals surface area contributed by atoms with Crippen LogP contribution in [-0.4, -0.2) is 54.6 Å². The van der Waals surface area contributed by atoms with Crippen molar-refractivity contribution in [1.82, 2.24) is 20.2 Å². The van der Waals surface area contributed by atoms with Gasteiger partial charge in [-0.25, -0.2) is 9.78 Å². The third kappa shape index (κ3) is 5.62. The SMILES string of the molecule is COCCNC(=O)NC(=O)CSc1nc2ccccc2c(=O)n1-c1cccc(OC)c1. The summed E-state index contributed by atoms with van der Waals surface area (Å²) in [7, 11) is 3.05. The molecule has 1 heterocycles. The van der Waals surface area contributed by atoms with E-state index in [4.69, 9.17) is 9.47 Å². The molecule has 0 aliphatic rings. The van der Waals surface area contributed by atoms with Gasteiger partial charge in [-0.3, -0.25) is 19.5 Å². The number of ether oxygens (including phenoxy) is 2. The van der Waals surface area contributed by atoms with Crippen LogP contribution in [0.25, 0.3) is 16.6 Å². The Labute approximate surface area is 182 Å². The zero-order valence-corrected chi connectivity index (χ0v) is 17.9. The van der Waals surface area contributed by atoms with Crippen LogP contribution in [-0.2, 0) is 9.53 Å². The second-order valence-electron chi connectivity index (χ2n) is 6.34. The molecular formula is C21H22N4O5S. The molecule has 3 amide bonds. The predicted molar refractivity (Wildman–Crippen MR) is 118 cm³/mol. The fraction of sp³-hybridized carbons (Fsp3) is 0.238. The molecule has 10 heteroatoms. The summed E-state index contributed by atoms with van der Waals surface area (Å²) in [5.74, 6) is -0.0367. The van der Waals surface area contributed by atoms with E-state index >= 15 is 0 Å². The molecule has 9 nitrogen and oxygen atoms in total. The zero-order chi connectivity index (χ0) is 22.2. The van der Waals surface area contributed by atoms with Gasteiger partial charge >= 0.3 is 6.03 Å². The van der Waals surface area contributed by atoms with Gasteiger partial charge < -0.3 is 14.8 Å². The van der Waals surface area contributed by atoms with Gasteiger partial charge in [0.1, 0.15) is 5.75 Å². The van der Waals surface area contributed by atoms with E-state index in [0.717, 1.165) is 11.8 Å². The van der Waals surface area contributed by atoms with Crippen molar-refractivity contribution in [2.45, 2.75) is 5.16 Å². The standard InChI is InChI=1S/C21H22N4O5S/c1-29-11-10-22-20(28)24-18(26)13-31-21-23-17-9-4-3-8-16(17)19(27)25(21)14-6-5-7-15(12-14)30-2/h3-9,12H,10-11,13H2,1-2H3,(H2,22,24,26,28). The van der Waals surface area contributed by atoms with Crippen LogP contribution in [0.5, 0.6) is 5.75 Å². The van der Waals surface area contributed by atoms with Crippen molar-refractivity contribution >= 4 is 34.6 Å². The van der Waals surface area contributed by atoms with Crippen LogP contribution in [0.15, 0.2) is 58.5 Å². The number of nitrogens with one attached hydrogen (secondary N) is 2. The minimum Gasteiger partial charge on any atom is -0.497 e. The zero-order valence-electron chi connectivity index (χ0n) is 17.1. The average Bonchev–Trinajstić information content (AvgIpc) is 2.78. The van der Waals surface area contributed by atoms with Crippen molar-refractivity contribution in [3.63, 3.8) is 0 Å². The van der Waals surface area contributed by atoms with Gasteiger partial charge in [0.25, 0.3) is 5.56 Å². The maximum Gasteiger partial charge on any atom is 0.321 e. The van der Waals surface area contributed by atoms with E-state index in [1.54, 1.807) is 48.5 Å². The summed E-state index contributed by atoms with van der Waals surface area (Å²) >= 11 is 1.06. The van der Waals surface area contributed by atoms with Gasteiger partial charge in [-0.1, -0.05) is 30.0 Å². The lowest BCUT2D eigenvalue weighted by Crippen LogP contribution is -2.41. The maximum atomic E-state index is 13.2. The first-order valence-corrected chi connectivity index (χ1v) is 10.4. The van der Waals surface area contributed by atoms with Crippen LogP contribution in [0.2, 0.25) is 0 Å². The first kappa shape index (κ1) is 22.3. The van der Waals surface area contributed by atoms with Gasteiger partial charge in [0.05, 0.1) is 36.1 Å². The number of urea groups is 1. The van der Waals surface area contributed by atoms with E-state index < -0.39 is 11.9 Å². The Balaban J connectivity index is 1.87. The molecule has 31 heavy (non-hydrogen) atoms. The number of hydrogen-bond acceptors (Lipinski definition) is 7. The topological polar surface area (TPSA) is 112 Å². The van der Waals surface area contributed by atoms with Crippen molar-refractivity contribution in [2.24, 2.45) is 0 Å². The summed E-state index contributed by atoms with van der Waals surface area (Å²) in [6, 6.07) is 13.4. The van der Waals surface area contributed by atoms with Crippen molar-refractivity contribution in [3.8, 4) is 11.4 Å². The molecule has 2 aromatic carbocycles. The molecule has 0 saturated carbocycles.